The van der Waals surface area contributed by atoms with Gasteiger partial charge in [-0.05, 0) is 54.0 Å². The summed E-state index contributed by atoms with van der Waals surface area (Å²) >= 11 is 0. The molecule has 0 radical (unpaired) electrons. The van der Waals surface area contributed by atoms with Crippen LogP contribution in [0.5, 0.6) is 5.75 Å². The maximum Gasteiger partial charge on any atom is 0.336 e. The molecule has 0 fully saturated rings. The molecule has 8 heteroatoms. The molecule has 0 saturated carbocycles. The average Bonchev–Trinajstić information content (AvgIpc) is 3.09. The summed E-state index contributed by atoms with van der Waals surface area (Å²) in [7, 11) is 0. The Bertz CT molecular complexity index is 1080. The molecule has 148 valence electrons. The van der Waals surface area contributed by atoms with Crippen LogP contribution < -0.4 is 10.1 Å². The van der Waals surface area contributed by atoms with Crippen molar-refractivity contribution in [1.82, 2.24) is 10.3 Å². The van der Waals surface area contributed by atoms with Gasteiger partial charge in [0.1, 0.15) is 5.75 Å². The van der Waals surface area contributed by atoms with Gasteiger partial charge in [-0.1, -0.05) is 0 Å². The van der Waals surface area contributed by atoms with Crippen molar-refractivity contribution in [2.24, 2.45) is 0 Å². The third-order valence-electron chi connectivity index (χ3n) is 4.24. The molecule has 0 aliphatic rings. The van der Waals surface area contributed by atoms with Crippen molar-refractivity contribution in [2.75, 3.05) is 6.54 Å². The zero-order valence-corrected chi connectivity index (χ0v) is 15.7. The number of aromatic nitrogens is 1. The van der Waals surface area contributed by atoms with E-state index in [2.05, 4.69) is 10.3 Å². The van der Waals surface area contributed by atoms with Gasteiger partial charge in [0, 0.05) is 48.8 Å². The lowest BCUT2D eigenvalue weighted by atomic mass is 10.1. The van der Waals surface area contributed by atoms with Crippen molar-refractivity contribution in [3.8, 4) is 5.75 Å². The fourth-order valence-corrected chi connectivity index (χ4v) is 2.82. The minimum atomic E-state index is -0.557. The second-order valence-electron chi connectivity index (χ2n) is 6.36. The van der Waals surface area contributed by atoms with Crippen LogP contribution in [0.1, 0.15) is 18.1 Å². The zero-order valence-electron chi connectivity index (χ0n) is 15.7. The number of H-pyrrole nitrogens is 1. The molecule has 0 unspecified atom stereocenters. The zero-order chi connectivity index (χ0) is 20.8. The molecule has 2 aromatic carbocycles. The molecule has 0 bridgehead atoms. The Morgan fingerprint density at radius 3 is 2.66 bits per heavy atom. The molecule has 0 saturated heterocycles. The summed E-state index contributed by atoms with van der Waals surface area (Å²) in [4.78, 5) is 36.4. The first kappa shape index (κ1) is 19.8. The highest BCUT2D eigenvalue weighted by Gasteiger charge is 2.08. The second kappa shape index (κ2) is 8.83. The van der Waals surface area contributed by atoms with Gasteiger partial charge in [-0.25, -0.2) is 4.79 Å². The highest BCUT2D eigenvalue weighted by Crippen LogP contribution is 2.24. The maximum atomic E-state index is 12.1. The molecule has 8 nitrogen and oxygen atoms in total. The first-order valence-electron chi connectivity index (χ1n) is 8.91. The molecule has 3 aromatic rings. The van der Waals surface area contributed by atoms with E-state index in [9.17, 15) is 19.7 Å². The Hall–Kier alpha value is -3.94. The van der Waals surface area contributed by atoms with Crippen LogP contribution in [0.25, 0.3) is 17.0 Å². The molecule has 1 heterocycles. The maximum absolute atomic E-state index is 12.1. The number of non-ortho nitro benzene ring substituents is 1. The molecule has 0 spiro atoms. The summed E-state index contributed by atoms with van der Waals surface area (Å²) in [6.45, 7) is 1.99. The summed E-state index contributed by atoms with van der Waals surface area (Å²) in [6.07, 6.45) is 5.31. The Kier molecular flexibility index (Phi) is 6.03. The number of aromatic amines is 1. The van der Waals surface area contributed by atoms with Crippen LogP contribution in [0.2, 0.25) is 0 Å². The van der Waals surface area contributed by atoms with Gasteiger partial charge < -0.3 is 15.0 Å². The highest BCUT2D eigenvalue weighted by molar-refractivity contribution is 5.90. The number of nitrogens with one attached hydrogen (secondary N) is 2. The lowest BCUT2D eigenvalue weighted by Gasteiger charge is -2.04. The van der Waals surface area contributed by atoms with Crippen molar-refractivity contribution in [3.63, 3.8) is 0 Å². The van der Waals surface area contributed by atoms with Crippen LogP contribution in [-0.4, -0.2) is 28.3 Å². The SMILES string of the molecule is CC(=O)NCCc1c[nH]c2ccc(OC(=O)/C=C/c3ccc([N+](=O)[O-])cc3)cc12. The van der Waals surface area contributed by atoms with Crippen LogP contribution in [0, 0.1) is 10.1 Å². The quantitative estimate of drug-likeness (QED) is 0.210. The lowest BCUT2D eigenvalue weighted by Crippen LogP contribution is -2.22. The minimum Gasteiger partial charge on any atom is -0.423 e. The molecule has 1 amide bonds. The van der Waals surface area contributed by atoms with E-state index in [4.69, 9.17) is 4.74 Å². The van der Waals surface area contributed by atoms with E-state index >= 15 is 0 Å². The number of carbonyl (C=O) groups excluding carboxylic acids is 2. The average molecular weight is 393 g/mol. The van der Waals surface area contributed by atoms with Crippen molar-refractivity contribution in [1.29, 1.82) is 0 Å². The van der Waals surface area contributed by atoms with E-state index in [1.807, 2.05) is 12.3 Å². The van der Waals surface area contributed by atoms with Gasteiger partial charge in [-0.15, -0.1) is 0 Å². The molecular formula is C21H19N3O5. The van der Waals surface area contributed by atoms with Crippen LogP contribution >= 0.6 is 0 Å². The largest absolute Gasteiger partial charge is 0.423 e. The van der Waals surface area contributed by atoms with E-state index in [1.165, 1.54) is 31.2 Å². The van der Waals surface area contributed by atoms with E-state index in [0.717, 1.165) is 16.5 Å². The summed E-state index contributed by atoms with van der Waals surface area (Å²) in [6, 6.07) is 11.1. The van der Waals surface area contributed by atoms with E-state index < -0.39 is 10.9 Å². The fraction of sp³-hybridized carbons (Fsp3) is 0.143. The number of esters is 1. The number of rotatable bonds is 7. The Labute approximate surface area is 166 Å². The molecule has 0 atom stereocenters. The van der Waals surface area contributed by atoms with Gasteiger partial charge in [0.25, 0.3) is 5.69 Å². The number of nitro groups is 1. The predicted molar refractivity (Wildman–Crippen MR) is 108 cm³/mol. The van der Waals surface area contributed by atoms with Crippen LogP contribution in [0.15, 0.2) is 54.7 Å². The standard InChI is InChI=1S/C21H19N3O5/c1-14(25)22-11-10-16-13-23-20-8-7-18(12-19(16)20)29-21(26)9-4-15-2-5-17(6-3-15)24(27)28/h2-9,12-13,23H,10-11H2,1H3,(H,22,25)/b9-4+. The topological polar surface area (TPSA) is 114 Å². The van der Waals surface area contributed by atoms with Gasteiger partial charge in [0.05, 0.1) is 4.92 Å². The smallest absolute Gasteiger partial charge is 0.336 e. The van der Waals surface area contributed by atoms with Gasteiger partial charge in [0.2, 0.25) is 5.91 Å². The van der Waals surface area contributed by atoms with Gasteiger partial charge >= 0.3 is 5.97 Å². The number of ether oxygens (including phenoxy) is 1. The lowest BCUT2D eigenvalue weighted by molar-refractivity contribution is -0.384. The Morgan fingerprint density at radius 2 is 1.97 bits per heavy atom. The second-order valence-corrected chi connectivity index (χ2v) is 6.36. The summed E-state index contributed by atoms with van der Waals surface area (Å²) in [5, 5.41) is 14.3. The number of nitro benzene ring substituents is 1. The summed E-state index contributed by atoms with van der Waals surface area (Å²) in [5.74, 6) is -0.242. The monoisotopic (exact) mass is 393 g/mol. The van der Waals surface area contributed by atoms with Crippen molar-refractivity contribution < 1.29 is 19.2 Å². The number of amides is 1. The third-order valence-corrected chi connectivity index (χ3v) is 4.24. The normalized spacial score (nSPS) is 10.9. The Morgan fingerprint density at radius 1 is 1.21 bits per heavy atom. The number of nitrogens with zero attached hydrogens (tertiary/aromatic N) is 1. The van der Waals surface area contributed by atoms with Gasteiger partial charge in [-0.2, -0.15) is 0 Å². The van der Waals surface area contributed by atoms with Crippen molar-refractivity contribution >= 4 is 34.5 Å². The fourth-order valence-electron chi connectivity index (χ4n) is 2.82. The number of carbonyl (C=O) groups is 2. The van der Waals surface area contributed by atoms with Crippen LogP contribution in [0.4, 0.5) is 5.69 Å². The van der Waals surface area contributed by atoms with Crippen LogP contribution in [-0.2, 0) is 16.0 Å². The number of benzene rings is 2. The molecule has 3 rings (SSSR count). The third kappa shape index (κ3) is 5.29. The molecule has 1 aromatic heterocycles. The Balaban J connectivity index is 1.66. The van der Waals surface area contributed by atoms with E-state index in [1.54, 1.807) is 24.3 Å². The van der Waals surface area contributed by atoms with E-state index in [0.29, 0.717) is 24.3 Å². The number of fused-ring (bicyclic) bond motifs is 1. The van der Waals surface area contributed by atoms with E-state index in [-0.39, 0.29) is 11.6 Å². The first-order valence-corrected chi connectivity index (χ1v) is 8.91. The first-order chi connectivity index (χ1) is 13.9. The molecule has 2 N–H and O–H groups in total. The van der Waals surface area contributed by atoms with Crippen molar-refractivity contribution in [3.05, 3.63) is 76.0 Å². The van der Waals surface area contributed by atoms with Gasteiger partial charge in [-0.3, -0.25) is 14.9 Å². The molecule has 29 heavy (non-hydrogen) atoms. The molecular weight excluding hydrogens is 374 g/mol. The number of hydrogen-bond donors (Lipinski definition) is 2. The number of hydrogen-bond acceptors (Lipinski definition) is 5. The molecule has 0 aliphatic heterocycles. The van der Waals surface area contributed by atoms with Crippen molar-refractivity contribution in [2.45, 2.75) is 13.3 Å². The summed E-state index contributed by atoms with van der Waals surface area (Å²) < 4.78 is 5.36. The van der Waals surface area contributed by atoms with Crippen LogP contribution in [0.3, 0.4) is 0 Å². The predicted octanol–water partition coefficient (Wildman–Crippen LogP) is 3.37. The molecule has 0 aliphatic carbocycles. The van der Waals surface area contributed by atoms with Gasteiger partial charge in [0.15, 0.2) is 0 Å². The minimum absolute atomic E-state index is 0.0150. The highest BCUT2D eigenvalue weighted by atomic mass is 16.6. The summed E-state index contributed by atoms with van der Waals surface area (Å²) in [5.41, 5.74) is 2.55.